The number of aromatic nitrogens is 1. The monoisotopic (exact) mass is 297 g/mol. The summed E-state index contributed by atoms with van der Waals surface area (Å²) in [6.07, 6.45) is 0. The molecule has 0 radical (unpaired) electrons. The number of halogens is 2. The van der Waals surface area contributed by atoms with Crippen molar-refractivity contribution >= 4 is 29.2 Å². The van der Waals surface area contributed by atoms with Crippen LogP contribution >= 0.6 is 23.2 Å². The van der Waals surface area contributed by atoms with Crippen LogP contribution in [0, 0.1) is 6.92 Å². The van der Waals surface area contributed by atoms with Crippen molar-refractivity contribution in [1.82, 2.24) is 4.98 Å². The third-order valence-corrected chi connectivity index (χ3v) is 2.80. The summed E-state index contributed by atoms with van der Waals surface area (Å²) in [5, 5.41) is 9.58. The van der Waals surface area contributed by atoms with E-state index in [0.29, 0.717) is 10.8 Å². The molecule has 0 amide bonds. The number of carbonyl (C=O) groups is 1. The van der Waals surface area contributed by atoms with E-state index in [4.69, 9.17) is 33.0 Å². The zero-order valence-electron chi connectivity index (χ0n) is 9.85. The number of nitrogens with zero attached hydrogens (tertiary/aromatic N) is 1. The molecule has 4 nitrogen and oxygen atoms in total. The van der Waals surface area contributed by atoms with Gasteiger partial charge in [0.15, 0.2) is 0 Å². The number of benzene rings is 1. The number of hydrogen-bond acceptors (Lipinski definition) is 3. The van der Waals surface area contributed by atoms with Gasteiger partial charge >= 0.3 is 5.97 Å². The predicted octanol–water partition coefficient (Wildman–Crippen LogP) is 4.19. The molecule has 2 aromatic rings. The van der Waals surface area contributed by atoms with E-state index in [9.17, 15) is 4.79 Å². The fourth-order valence-electron chi connectivity index (χ4n) is 1.49. The van der Waals surface area contributed by atoms with E-state index in [1.54, 1.807) is 18.2 Å². The first-order valence-corrected chi connectivity index (χ1v) is 6.06. The van der Waals surface area contributed by atoms with Gasteiger partial charge < -0.3 is 9.84 Å². The molecule has 1 aromatic carbocycles. The molecule has 0 saturated heterocycles. The number of aromatic carboxylic acids is 1. The molecule has 0 atom stereocenters. The second-order valence-electron chi connectivity index (χ2n) is 3.83. The number of carboxylic acids is 1. The topological polar surface area (TPSA) is 59.4 Å². The summed E-state index contributed by atoms with van der Waals surface area (Å²) in [7, 11) is 0. The number of rotatable bonds is 3. The second kappa shape index (κ2) is 5.47. The van der Waals surface area contributed by atoms with Crippen molar-refractivity contribution in [1.29, 1.82) is 0 Å². The number of carboxylic acid groups (broad SMARTS) is 1. The van der Waals surface area contributed by atoms with Crippen LogP contribution in [0.3, 0.4) is 0 Å². The van der Waals surface area contributed by atoms with Crippen molar-refractivity contribution < 1.29 is 14.6 Å². The molecule has 0 spiro atoms. The maximum Gasteiger partial charge on any atom is 0.335 e. The lowest BCUT2D eigenvalue weighted by molar-refractivity contribution is 0.0696. The third-order valence-electron chi connectivity index (χ3n) is 2.37. The molecular formula is C13H9Cl2NO3. The number of aryl methyl sites for hydroxylation is 1. The maximum atomic E-state index is 10.9. The molecule has 98 valence electrons. The lowest BCUT2D eigenvalue weighted by atomic mass is 10.2. The van der Waals surface area contributed by atoms with Crippen LogP contribution in [0.15, 0.2) is 30.3 Å². The summed E-state index contributed by atoms with van der Waals surface area (Å²) >= 11 is 11.6. The summed E-state index contributed by atoms with van der Waals surface area (Å²) in [6.45, 7) is 1.82. The summed E-state index contributed by atoms with van der Waals surface area (Å²) < 4.78 is 5.52. The minimum Gasteiger partial charge on any atom is -0.478 e. The molecule has 2 rings (SSSR count). The molecule has 0 aliphatic heterocycles. The van der Waals surface area contributed by atoms with Crippen molar-refractivity contribution in [3.05, 3.63) is 51.6 Å². The number of hydrogen-bond donors (Lipinski definition) is 1. The summed E-state index contributed by atoms with van der Waals surface area (Å²) in [5.74, 6) is -0.437. The van der Waals surface area contributed by atoms with E-state index in [2.05, 4.69) is 4.98 Å². The quantitative estimate of drug-likeness (QED) is 0.863. The molecule has 19 heavy (non-hydrogen) atoms. The van der Waals surface area contributed by atoms with Crippen molar-refractivity contribution in [2.45, 2.75) is 6.92 Å². The van der Waals surface area contributed by atoms with Crippen LogP contribution in [0.2, 0.25) is 10.2 Å². The fourth-order valence-corrected chi connectivity index (χ4v) is 1.92. The van der Waals surface area contributed by atoms with Gasteiger partial charge in [-0.3, -0.25) is 0 Å². The van der Waals surface area contributed by atoms with Gasteiger partial charge in [0.1, 0.15) is 10.9 Å². The van der Waals surface area contributed by atoms with Gasteiger partial charge in [-0.05, 0) is 36.8 Å². The van der Waals surface area contributed by atoms with Crippen molar-refractivity contribution in [3.8, 4) is 11.6 Å². The first kappa shape index (κ1) is 13.6. The lowest BCUT2D eigenvalue weighted by Crippen LogP contribution is -1.99. The van der Waals surface area contributed by atoms with E-state index in [1.807, 2.05) is 6.92 Å². The summed E-state index contributed by atoms with van der Waals surface area (Å²) in [5.41, 5.74) is 0.827. The Labute approximate surface area is 119 Å². The molecule has 1 N–H and O–H groups in total. The molecule has 0 unspecified atom stereocenters. The van der Waals surface area contributed by atoms with Gasteiger partial charge in [0.2, 0.25) is 5.88 Å². The molecule has 1 aromatic heterocycles. The second-order valence-corrected chi connectivity index (χ2v) is 4.66. The normalized spacial score (nSPS) is 10.3. The van der Waals surface area contributed by atoms with Crippen LogP contribution in [0.1, 0.15) is 15.9 Å². The third kappa shape index (κ3) is 3.36. The molecule has 6 heteroatoms. The van der Waals surface area contributed by atoms with Crippen molar-refractivity contribution in [2.75, 3.05) is 0 Å². The molecular weight excluding hydrogens is 289 g/mol. The van der Waals surface area contributed by atoms with E-state index >= 15 is 0 Å². The van der Waals surface area contributed by atoms with Gasteiger partial charge in [-0.15, -0.1) is 0 Å². The van der Waals surface area contributed by atoms with Gasteiger partial charge in [-0.2, -0.15) is 0 Å². The van der Waals surface area contributed by atoms with Gasteiger partial charge in [-0.25, -0.2) is 9.78 Å². The van der Waals surface area contributed by atoms with E-state index < -0.39 is 5.97 Å². The van der Waals surface area contributed by atoms with Crippen LogP contribution < -0.4 is 4.74 Å². The van der Waals surface area contributed by atoms with E-state index in [1.165, 1.54) is 12.1 Å². The zero-order valence-corrected chi connectivity index (χ0v) is 11.4. The van der Waals surface area contributed by atoms with Crippen LogP contribution in [-0.2, 0) is 0 Å². The highest BCUT2D eigenvalue weighted by atomic mass is 35.5. The van der Waals surface area contributed by atoms with Gasteiger partial charge in [0, 0.05) is 11.1 Å². The Morgan fingerprint density at radius 1 is 1.26 bits per heavy atom. The number of pyridine rings is 1. The van der Waals surface area contributed by atoms with Crippen molar-refractivity contribution in [2.24, 2.45) is 0 Å². The van der Waals surface area contributed by atoms with Crippen molar-refractivity contribution in [3.63, 3.8) is 0 Å². The van der Waals surface area contributed by atoms with Crippen LogP contribution in [0.5, 0.6) is 11.6 Å². The standard InChI is InChI=1S/C13H9Cl2NO3/c1-7-4-9(14)2-3-10(7)19-12-6-8(13(17)18)5-11(15)16-12/h2-6H,1H3,(H,17,18). The molecule has 1 heterocycles. The van der Waals surface area contributed by atoms with Gasteiger partial charge in [0.05, 0.1) is 5.56 Å². The maximum absolute atomic E-state index is 10.9. The summed E-state index contributed by atoms with van der Waals surface area (Å²) in [6, 6.07) is 7.65. The highest BCUT2D eigenvalue weighted by molar-refractivity contribution is 6.30. The molecule has 0 aliphatic carbocycles. The highest BCUT2D eigenvalue weighted by Gasteiger charge is 2.10. The minimum absolute atomic E-state index is 0.0154. The molecule has 0 saturated carbocycles. The summed E-state index contributed by atoms with van der Waals surface area (Å²) in [4.78, 5) is 14.8. The zero-order chi connectivity index (χ0) is 14.0. The molecule has 0 fully saturated rings. The van der Waals surface area contributed by atoms with Gasteiger partial charge in [0.25, 0.3) is 0 Å². The Morgan fingerprint density at radius 2 is 2.00 bits per heavy atom. The predicted molar refractivity (Wildman–Crippen MR) is 72.5 cm³/mol. The van der Waals surface area contributed by atoms with E-state index in [-0.39, 0.29) is 16.6 Å². The largest absolute Gasteiger partial charge is 0.478 e. The van der Waals surface area contributed by atoms with Crippen LogP contribution in [0.25, 0.3) is 0 Å². The Morgan fingerprint density at radius 3 is 2.63 bits per heavy atom. The lowest BCUT2D eigenvalue weighted by Gasteiger charge is -2.09. The van der Waals surface area contributed by atoms with Gasteiger partial charge in [-0.1, -0.05) is 23.2 Å². The smallest absolute Gasteiger partial charge is 0.335 e. The SMILES string of the molecule is Cc1cc(Cl)ccc1Oc1cc(C(=O)O)cc(Cl)n1. The average molecular weight is 298 g/mol. The van der Waals surface area contributed by atoms with E-state index in [0.717, 1.165) is 5.56 Å². The minimum atomic E-state index is -1.10. The first-order chi connectivity index (χ1) is 8.95. The molecule has 0 aliphatic rings. The Hall–Kier alpha value is -1.78. The first-order valence-electron chi connectivity index (χ1n) is 5.30. The fraction of sp³-hybridized carbons (Fsp3) is 0.0769. The average Bonchev–Trinajstić information content (AvgIpc) is 2.32. The van der Waals surface area contributed by atoms with Crippen LogP contribution in [-0.4, -0.2) is 16.1 Å². The Balaban J connectivity index is 2.35. The Bertz CT molecular complexity index is 644. The molecule has 0 bridgehead atoms. The highest BCUT2D eigenvalue weighted by Crippen LogP contribution is 2.27. The number of ether oxygens (including phenoxy) is 1. The van der Waals surface area contributed by atoms with Crippen LogP contribution in [0.4, 0.5) is 0 Å². The Kier molecular flexibility index (Phi) is 3.93.